The second-order valence-electron chi connectivity index (χ2n) is 5.61. The van der Waals surface area contributed by atoms with Crippen molar-refractivity contribution in [1.29, 1.82) is 0 Å². The fourth-order valence-electron chi connectivity index (χ4n) is 2.13. The first-order valence-electron chi connectivity index (χ1n) is 8.04. The number of halogens is 2. The molecule has 0 saturated heterocycles. The van der Waals surface area contributed by atoms with Crippen molar-refractivity contribution in [3.05, 3.63) is 58.1 Å². The predicted octanol–water partition coefficient (Wildman–Crippen LogP) is 4.64. The first-order valence-corrected chi connectivity index (χ1v) is 8.79. The van der Waals surface area contributed by atoms with E-state index in [0.717, 1.165) is 5.56 Å². The average Bonchev–Trinajstić information content (AvgIpc) is 2.58. The van der Waals surface area contributed by atoms with Crippen LogP contribution in [0.15, 0.2) is 42.5 Å². The summed E-state index contributed by atoms with van der Waals surface area (Å²) in [6.07, 6.45) is 0.584. The van der Waals surface area contributed by atoms with Crippen LogP contribution in [0.3, 0.4) is 0 Å². The molecule has 2 aromatic carbocycles. The molecule has 0 aliphatic heterocycles. The molecule has 26 heavy (non-hydrogen) atoms. The van der Waals surface area contributed by atoms with Gasteiger partial charge in [0.15, 0.2) is 6.61 Å². The number of hydrogen-bond donors (Lipinski definition) is 1. The fraction of sp³-hybridized carbons (Fsp3) is 0.263. The van der Waals surface area contributed by atoms with E-state index >= 15 is 0 Å². The molecule has 0 aromatic heterocycles. The van der Waals surface area contributed by atoms with Crippen LogP contribution < -0.4 is 10.1 Å². The number of amides is 1. The second kappa shape index (κ2) is 10.0. The highest BCUT2D eigenvalue weighted by Gasteiger charge is 2.09. The van der Waals surface area contributed by atoms with Gasteiger partial charge in [0.25, 0.3) is 5.91 Å². The third-order valence-corrected chi connectivity index (χ3v) is 3.87. The van der Waals surface area contributed by atoms with E-state index in [0.29, 0.717) is 34.5 Å². The van der Waals surface area contributed by atoms with Crippen LogP contribution in [0.5, 0.6) is 5.75 Å². The molecule has 0 saturated carbocycles. The number of nitrogens with one attached hydrogen (secondary N) is 1. The fourth-order valence-corrected chi connectivity index (χ4v) is 2.59. The van der Waals surface area contributed by atoms with Crippen LogP contribution in [0.2, 0.25) is 10.0 Å². The smallest absolute Gasteiger partial charge is 0.306 e. The van der Waals surface area contributed by atoms with E-state index in [1.165, 1.54) is 0 Å². The summed E-state index contributed by atoms with van der Waals surface area (Å²) in [4.78, 5) is 23.4. The zero-order chi connectivity index (χ0) is 18.9. The normalized spacial score (nSPS) is 10.3. The van der Waals surface area contributed by atoms with Gasteiger partial charge in [-0.3, -0.25) is 9.59 Å². The Morgan fingerprint density at radius 2 is 1.92 bits per heavy atom. The molecule has 2 aromatic rings. The second-order valence-corrected chi connectivity index (χ2v) is 6.45. The lowest BCUT2D eigenvalue weighted by Crippen LogP contribution is -2.21. The van der Waals surface area contributed by atoms with Gasteiger partial charge in [0.1, 0.15) is 5.75 Å². The monoisotopic (exact) mass is 395 g/mol. The van der Waals surface area contributed by atoms with Gasteiger partial charge >= 0.3 is 5.97 Å². The Hall–Kier alpha value is -2.24. The number of anilines is 1. The SMILES string of the molecule is Cc1cccc(NC(=O)COC(=O)CCCOc2ccc(Cl)cc2Cl)c1. The minimum Gasteiger partial charge on any atom is -0.492 e. The molecule has 0 atom stereocenters. The third kappa shape index (κ3) is 6.94. The molecule has 0 radical (unpaired) electrons. The van der Waals surface area contributed by atoms with E-state index < -0.39 is 5.97 Å². The number of aryl methyl sites for hydroxylation is 1. The van der Waals surface area contributed by atoms with Gasteiger partial charge in [0.2, 0.25) is 0 Å². The number of hydrogen-bond acceptors (Lipinski definition) is 4. The Kier molecular flexibility index (Phi) is 7.75. The first kappa shape index (κ1) is 20.1. The predicted molar refractivity (Wildman–Crippen MR) is 102 cm³/mol. The summed E-state index contributed by atoms with van der Waals surface area (Å²) in [5, 5.41) is 3.60. The van der Waals surface area contributed by atoms with Gasteiger partial charge in [-0.05, 0) is 49.2 Å². The van der Waals surface area contributed by atoms with Gasteiger partial charge in [-0.1, -0.05) is 35.3 Å². The number of esters is 1. The molecule has 0 spiro atoms. The summed E-state index contributed by atoms with van der Waals surface area (Å²) in [6, 6.07) is 12.3. The van der Waals surface area contributed by atoms with Crippen molar-refractivity contribution < 1.29 is 19.1 Å². The number of carbonyl (C=O) groups is 2. The maximum absolute atomic E-state index is 11.8. The van der Waals surface area contributed by atoms with Gasteiger partial charge in [0.05, 0.1) is 11.6 Å². The molecule has 0 heterocycles. The lowest BCUT2D eigenvalue weighted by Gasteiger charge is -2.09. The van der Waals surface area contributed by atoms with Gasteiger partial charge in [-0.15, -0.1) is 0 Å². The number of rotatable bonds is 8. The lowest BCUT2D eigenvalue weighted by molar-refractivity contribution is -0.147. The van der Waals surface area contributed by atoms with Crippen molar-refractivity contribution in [2.75, 3.05) is 18.5 Å². The minimum absolute atomic E-state index is 0.142. The Balaban J connectivity index is 1.63. The molecule has 0 aliphatic rings. The maximum atomic E-state index is 11.8. The Morgan fingerprint density at radius 3 is 2.65 bits per heavy atom. The number of benzene rings is 2. The highest BCUT2D eigenvalue weighted by Crippen LogP contribution is 2.27. The lowest BCUT2D eigenvalue weighted by atomic mass is 10.2. The molecule has 0 fully saturated rings. The van der Waals surface area contributed by atoms with Crippen LogP contribution in [0.25, 0.3) is 0 Å². The van der Waals surface area contributed by atoms with Crippen molar-refractivity contribution in [3.63, 3.8) is 0 Å². The topological polar surface area (TPSA) is 64.6 Å². The molecule has 7 heteroatoms. The van der Waals surface area contributed by atoms with Crippen LogP contribution in [-0.4, -0.2) is 25.1 Å². The van der Waals surface area contributed by atoms with Gasteiger partial charge < -0.3 is 14.8 Å². The van der Waals surface area contributed by atoms with E-state index in [2.05, 4.69) is 5.32 Å². The molecule has 0 bridgehead atoms. The summed E-state index contributed by atoms with van der Waals surface area (Å²) in [7, 11) is 0. The highest BCUT2D eigenvalue weighted by atomic mass is 35.5. The molecular weight excluding hydrogens is 377 g/mol. The van der Waals surface area contributed by atoms with E-state index in [1.54, 1.807) is 24.3 Å². The van der Waals surface area contributed by atoms with Crippen LogP contribution in [0.1, 0.15) is 18.4 Å². The molecule has 1 N–H and O–H groups in total. The van der Waals surface area contributed by atoms with E-state index in [1.807, 2.05) is 25.1 Å². The summed E-state index contributed by atoms with van der Waals surface area (Å²) in [5.41, 5.74) is 1.69. The van der Waals surface area contributed by atoms with E-state index in [-0.39, 0.29) is 18.9 Å². The minimum atomic E-state index is -0.463. The number of ether oxygens (including phenoxy) is 2. The van der Waals surface area contributed by atoms with Gasteiger partial charge in [0, 0.05) is 17.1 Å². The largest absolute Gasteiger partial charge is 0.492 e. The Labute approximate surface area is 162 Å². The van der Waals surface area contributed by atoms with Gasteiger partial charge in [-0.2, -0.15) is 0 Å². The van der Waals surface area contributed by atoms with Crippen molar-refractivity contribution in [2.45, 2.75) is 19.8 Å². The molecule has 2 rings (SSSR count). The van der Waals surface area contributed by atoms with E-state index in [4.69, 9.17) is 32.7 Å². The highest BCUT2D eigenvalue weighted by molar-refractivity contribution is 6.35. The van der Waals surface area contributed by atoms with Crippen molar-refractivity contribution in [2.24, 2.45) is 0 Å². The quantitative estimate of drug-likeness (QED) is 0.522. The zero-order valence-corrected chi connectivity index (χ0v) is 15.8. The number of carbonyl (C=O) groups excluding carboxylic acids is 2. The Morgan fingerprint density at radius 1 is 1.12 bits per heavy atom. The van der Waals surface area contributed by atoms with E-state index in [9.17, 15) is 9.59 Å². The van der Waals surface area contributed by atoms with Crippen molar-refractivity contribution >= 4 is 40.8 Å². The summed E-state index contributed by atoms with van der Waals surface area (Å²) in [5.74, 6) is -0.342. The van der Waals surface area contributed by atoms with Gasteiger partial charge in [-0.25, -0.2) is 0 Å². The molecule has 138 valence electrons. The standard InChI is InChI=1S/C19H19Cl2NO4/c1-13-4-2-5-15(10-13)22-18(23)12-26-19(24)6-3-9-25-17-8-7-14(20)11-16(17)21/h2,4-5,7-8,10-11H,3,6,9,12H2,1H3,(H,22,23). The molecule has 5 nitrogen and oxygen atoms in total. The van der Waals surface area contributed by atoms with Crippen molar-refractivity contribution in [1.82, 2.24) is 0 Å². The van der Waals surface area contributed by atoms with Crippen LogP contribution in [-0.2, 0) is 14.3 Å². The average molecular weight is 396 g/mol. The molecule has 1 amide bonds. The third-order valence-electron chi connectivity index (χ3n) is 3.34. The maximum Gasteiger partial charge on any atom is 0.306 e. The first-order chi connectivity index (χ1) is 12.4. The van der Waals surface area contributed by atoms with Crippen LogP contribution in [0.4, 0.5) is 5.69 Å². The Bertz CT molecular complexity index is 780. The summed E-state index contributed by atoms with van der Waals surface area (Å²) < 4.78 is 10.4. The zero-order valence-electron chi connectivity index (χ0n) is 14.3. The van der Waals surface area contributed by atoms with Crippen LogP contribution in [0, 0.1) is 6.92 Å². The molecule has 0 unspecified atom stereocenters. The molecule has 0 aliphatic carbocycles. The summed E-state index contributed by atoms with van der Waals surface area (Å²) >= 11 is 11.8. The summed E-state index contributed by atoms with van der Waals surface area (Å²) in [6.45, 7) is 1.90. The molecular formula is C19H19Cl2NO4. The van der Waals surface area contributed by atoms with Crippen molar-refractivity contribution in [3.8, 4) is 5.75 Å². The van der Waals surface area contributed by atoms with Crippen LogP contribution >= 0.6 is 23.2 Å².